The van der Waals surface area contributed by atoms with Gasteiger partial charge in [-0.15, -0.1) is 11.8 Å². The van der Waals surface area contributed by atoms with Crippen LogP contribution in [-0.4, -0.2) is 23.2 Å². The average Bonchev–Trinajstić information content (AvgIpc) is 3.07. The lowest BCUT2D eigenvalue weighted by Crippen LogP contribution is -2.34. The Morgan fingerprint density at radius 1 is 1.25 bits per heavy atom. The first-order chi connectivity index (χ1) is 11.6. The molecule has 0 saturated carbocycles. The SMILES string of the molecule is CCc1ccccc1NC(=O)N1CCS[C@@H]1c1cccc(Cl)c1Cl. The molecule has 0 aliphatic carbocycles. The van der Waals surface area contributed by atoms with Gasteiger partial charge in [0.15, 0.2) is 0 Å². The van der Waals surface area contributed by atoms with Gasteiger partial charge in [-0.25, -0.2) is 4.79 Å². The number of carbonyl (C=O) groups excluding carboxylic acids is 1. The summed E-state index contributed by atoms with van der Waals surface area (Å²) >= 11 is 14.2. The molecule has 1 N–H and O–H groups in total. The zero-order valence-electron chi connectivity index (χ0n) is 13.3. The van der Waals surface area contributed by atoms with E-state index < -0.39 is 0 Å². The maximum atomic E-state index is 12.8. The Labute approximate surface area is 156 Å². The molecule has 6 heteroatoms. The van der Waals surface area contributed by atoms with E-state index in [1.807, 2.05) is 41.3 Å². The van der Waals surface area contributed by atoms with Crippen molar-refractivity contribution in [2.24, 2.45) is 0 Å². The van der Waals surface area contributed by atoms with Crippen molar-refractivity contribution in [2.75, 3.05) is 17.6 Å². The van der Waals surface area contributed by atoms with Crippen molar-refractivity contribution in [3.05, 3.63) is 63.6 Å². The van der Waals surface area contributed by atoms with Gasteiger partial charge in [0, 0.05) is 23.5 Å². The Balaban J connectivity index is 1.82. The van der Waals surface area contributed by atoms with Crippen LogP contribution in [0.5, 0.6) is 0 Å². The van der Waals surface area contributed by atoms with E-state index in [2.05, 4.69) is 12.2 Å². The lowest BCUT2D eigenvalue weighted by Gasteiger charge is -2.25. The summed E-state index contributed by atoms with van der Waals surface area (Å²) < 4.78 is 0. The van der Waals surface area contributed by atoms with Crippen LogP contribution in [0.25, 0.3) is 0 Å². The van der Waals surface area contributed by atoms with Gasteiger partial charge in [-0.1, -0.05) is 60.5 Å². The highest BCUT2D eigenvalue weighted by atomic mass is 35.5. The molecule has 0 spiro atoms. The van der Waals surface area contributed by atoms with Crippen LogP contribution < -0.4 is 5.32 Å². The normalized spacial score (nSPS) is 17.1. The molecule has 1 aliphatic heterocycles. The number of amides is 2. The number of urea groups is 1. The average molecular weight is 381 g/mol. The number of aryl methyl sites for hydroxylation is 1. The molecular weight excluding hydrogens is 363 g/mol. The molecule has 2 aromatic carbocycles. The number of nitrogens with zero attached hydrogens (tertiary/aromatic N) is 1. The molecule has 1 heterocycles. The van der Waals surface area contributed by atoms with Crippen molar-refractivity contribution < 1.29 is 4.79 Å². The van der Waals surface area contributed by atoms with E-state index in [0.29, 0.717) is 16.6 Å². The summed E-state index contributed by atoms with van der Waals surface area (Å²) in [4.78, 5) is 14.6. The van der Waals surface area contributed by atoms with Crippen molar-refractivity contribution in [1.82, 2.24) is 4.90 Å². The summed E-state index contributed by atoms with van der Waals surface area (Å²) in [6.45, 7) is 2.75. The monoisotopic (exact) mass is 380 g/mol. The quantitative estimate of drug-likeness (QED) is 0.725. The lowest BCUT2D eigenvalue weighted by molar-refractivity contribution is 0.214. The summed E-state index contributed by atoms with van der Waals surface area (Å²) in [5.74, 6) is 0.871. The highest BCUT2D eigenvalue weighted by Gasteiger charge is 2.32. The van der Waals surface area contributed by atoms with E-state index in [4.69, 9.17) is 23.2 Å². The van der Waals surface area contributed by atoms with Gasteiger partial charge >= 0.3 is 6.03 Å². The summed E-state index contributed by atoms with van der Waals surface area (Å²) in [6, 6.07) is 13.3. The van der Waals surface area contributed by atoms with E-state index >= 15 is 0 Å². The molecule has 1 atom stereocenters. The van der Waals surface area contributed by atoms with E-state index in [1.165, 1.54) is 0 Å². The molecule has 0 radical (unpaired) electrons. The highest BCUT2D eigenvalue weighted by Crippen LogP contribution is 2.42. The number of hydrogen-bond acceptors (Lipinski definition) is 2. The smallest absolute Gasteiger partial charge is 0.308 e. The molecule has 126 valence electrons. The topological polar surface area (TPSA) is 32.3 Å². The minimum Gasteiger partial charge on any atom is -0.308 e. The van der Waals surface area contributed by atoms with Crippen LogP contribution in [0, 0.1) is 0 Å². The summed E-state index contributed by atoms with van der Waals surface area (Å²) in [5, 5.41) is 3.95. The molecule has 1 saturated heterocycles. The molecule has 3 nitrogen and oxygen atoms in total. The zero-order chi connectivity index (χ0) is 17.1. The largest absolute Gasteiger partial charge is 0.323 e. The van der Waals surface area contributed by atoms with Gasteiger partial charge in [-0.05, 0) is 24.1 Å². The van der Waals surface area contributed by atoms with Crippen molar-refractivity contribution in [3.63, 3.8) is 0 Å². The molecule has 0 bridgehead atoms. The van der Waals surface area contributed by atoms with Gasteiger partial charge < -0.3 is 10.2 Å². The fraction of sp³-hybridized carbons (Fsp3) is 0.278. The molecule has 0 unspecified atom stereocenters. The van der Waals surface area contributed by atoms with Crippen molar-refractivity contribution in [2.45, 2.75) is 18.7 Å². The second-order valence-electron chi connectivity index (χ2n) is 5.50. The number of benzene rings is 2. The third-order valence-electron chi connectivity index (χ3n) is 4.04. The van der Waals surface area contributed by atoms with E-state index in [1.54, 1.807) is 17.8 Å². The van der Waals surface area contributed by atoms with Crippen molar-refractivity contribution in [3.8, 4) is 0 Å². The van der Waals surface area contributed by atoms with Gasteiger partial charge in [-0.2, -0.15) is 0 Å². The Hall–Kier alpha value is -1.36. The van der Waals surface area contributed by atoms with Crippen molar-refractivity contribution >= 4 is 46.7 Å². The fourth-order valence-corrected chi connectivity index (χ4v) is 4.54. The predicted molar refractivity (Wildman–Crippen MR) is 103 cm³/mol. The predicted octanol–water partition coefficient (Wildman–Crippen LogP) is 5.84. The van der Waals surface area contributed by atoms with Crippen LogP contribution >= 0.6 is 35.0 Å². The third-order valence-corrected chi connectivity index (χ3v) is 6.12. The number of nitrogens with one attached hydrogen (secondary N) is 1. The standard InChI is InChI=1S/C18H18Cl2N2OS/c1-2-12-6-3-4-9-15(12)21-18(23)22-10-11-24-17(22)13-7-5-8-14(19)16(13)20/h3-9,17H,2,10-11H2,1H3,(H,21,23)/t17-/m1/s1. The molecule has 2 amide bonds. The molecule has 24 heavy (non-hydrogen) atoms. The number of carbonyl (C=O) groups is 1. The first-order valence-electron chi connectivity index (χ1n) is 7.83. The lowest BCUT2D eigenvalue weighted by atomic mass is 10.1. The van der Waals surface area contributed by atoms with Crippen LogP contribution in [0.1, 0.15) is 23.4 Å². The number of para-hydroxylation sites is 1. The second kappa shape index (κ2) is 7.68. The van der Waals surface area contributed by atoms with Crippen LogP contribution in [-0.2, 0) is 6.42 Å². The van der Waals surface area contributed by atoms with Gasteiger partial charge in [0.2, 0.25) is 0 Å². The van der Waals surface area contributed by atoms with E-state index in [9.17, 15) is 4.79 Å². The van der Waals surface area contributed by atoms with Crippen molar-refractivity contribution in [1.29, 1.82) is 0 Å². The molecule has 3 rings (SSSR count). The van der Waals surface area contributed by atoms with Crippen LogP contribution in [0.2, 0.25) is 10.0 Å². The Bertz CT molecular complexity index is 754. The number of hydrogen-bond donors (Lipinski definition) is 1. The third kappa shape index (κ3) is 3.51. The molecule has 1 fully saturated rings. The molecule has 1 aliphatic rings. The summed E-state index contributed by atoms with van der Waals surface area (Å²) in [5.41, 5.74) is 2.86. The Morgan fingerprint density at radius 3 is 2.83 bits per heavy atom. The van der Waals surface area contributed by atoms with Gasteiger partial charge in [-0.3, -0.25) is 0 Å². The minimum atomic E-state index is -0.120. The molecule has 0 aromatic heterocycles. The number of halogens is 2. The Kier molecular flexibility index (Phi) is 5.59. The number of rotatable bonds is 3. The van der Waals surface area contributed by atoms with Gasteiger partial charge in [0.05, 0.1) is 10.0 Å². The van der Waals surface area contributed by atoms with E-state index in [0.717, 1.165) is 29.0 Å². The van der Waals surface area contributed by atoms with Crippen LogP contribution in [0.4, 0.5) is 10.5 Å². The maximum absolute atomic E-state index is 12.8. The Morgan fingerprint density at radius 2 is 2.04 bits per heavy atom. The maximum Gasteiger partial charge on any atom is 0.323 e. The minimum absolute atomic E-state index is 0.109. The first kappa shape index (κ1) is 17.5. The van der Waals surface area contributed by atoms with Gasteiger partial charge in [0.1, 0.15) is 5.37 Å². The summed E-state index contributed by atoms with van der Waals surface area (Å²) in [6.07, 6.45) is 0.870. The molecular formula is C18H18Cl2N2OS. The number of anilines is 1. The van der Waals surface area contributed by atoms with Crippen LogP contribution in [0.15, 0.2) is 42.5 Å². The fourth-order valence-electron chi connectivity index (χ4n) is 2.78. The molecule has 2 aromatic rings. The van der Waals surface area contributed by atoms with E-state index in [-0.39, 0.29) is 11.4 Å². The first-order valence-corrected chi connectivity index (χ1v) is 9.63. The zero-order valence-corrected chi connectivity index (χ0v) is 15.6. The summed E-state index contributed by atoms with van der Waals surface area (Å²) in [7, 11) is 0. The van der Waals surface area contributed by atoms with Crippen LogP contribution in [0.3, 0.4) is 0 Å². The number of thioether (sulfide) groups is 1. The highest BCUT2D eigenvalue weighted by molar-refractivity contribution is 7.99. The van der Waals surface area contributed by atoms with Gasteiger partial charge in [0.25, 0.3) is 0 Å². The second-order valence-corrected chi connectivity index (χ2v) is 7.47.